The van der Waals surface area contributed by atoms with Gasteiger partial charge in [0, 0.05) is 0 Å². The van der Waals surface area contributed by atoms with Crippen LogP contribution < -0.4 is 24.8 Å². The Kier molecular flexibility index (Phi) is 318. The molecule has 0 aromatic carbocycles. The third-order valence-corrected chi connectivity index (χ3v) is 0. The van der Waals surface area contributed by atoms with Crippen LogP contribution in [0.4, 0.5) is 0 Å². The van der Waals surface area contributed by atoms with E-state index in [1.807, 2.05) is 0 Å². The van der Waals surface area contributed by atoms with Gasteiger partial charge in [-0.15, -0.1) is 0 Å². The second-order valence-electron chi connectivity index (χ2n) is 0. The molecule has 4 heavy (non-hydrogen) atoms. The number of hydrogen-bond acceptors (Lipinski definition) is 0. The van der Waals surface area contributed by atoms with Crippen molar-refractivity contribution in [1.82, 2.24) is 0 Å². The fourth-order valence-electron chi connectivity index (χ4n) is 0. The van der Waals surface area contributed by atoms with Crippen LogP contribution in [0.2, 0.25) is 0 Å². The first-order valence-corrected chi connectivity index (χ1v) is 0. The van der Waals surface area contributed by atoms with Crippen LogP contribution in [0.3, 0.4) is 0 Å². The Morgan fingerprint density at radius 1 is 0.750 bits per heavy atom. The van der Waals surface area contributed by atoms with E-state index in [-0.39, 0.29) is 58.4 Å². The van der Waals surface area contributed by atoms with Crippen molar-refractivity contribution < 1.29 is 24.8 Å². The zero-order chi connectivity index (χ0) is 0. The van der Waals surface area contributed by atoms with Crippen molar-refractivity contribution in [3.63, 3.8) is 0 Å². The normalized spacial score (nSPS) is 0. The van der Waals surface area contributed by atoms with Crippen LogP contribution in [-0.4, -0.2) is 26.2 Å². The predicted octanol–water partition coefficient (Wildman–Crippen LogP) is -5.74. The third-order valence-electron chi connectivity index (χ3n) is 0. The molecule has 0 aliphatic heterocycles. The minimum absolute atomic E-state index is 0. The van der Waals surface area contributed by atoms with E-state index in [1.54, 1.807) is 0 Å². The molecule has 0 aliphatic rings. The first kappa shape index (κ1) is 50.8. The van der Waals surface area contributed by atoms with Crippen molar-refractivity contribution in [2.75, 3.05) is 0 Å². The molecule has 0 aromatic rings. The molecule has 0 spiro atoms. The van der Waals surface area contributed by atoms with Gasteiger partial charge in [0.25, 0.3) is 0 Å². The smallest absolute Gasteiger partial charge is 1.00 e. The molecule has 0 saturated heterocycles. The fourth-order valence-corrected chi connectivity index (χ4v) is 0. The van der Waals surface area contributed by atoms with Gasteiger partial charge in [-0.1, -0.05) is 7.43 Å². The van der Waals surface area contributed by atoms with Gasteiger partial charge in [0.15, 0.2) is 0 Å². The monoisotopic (exact) mass is 295 g/mol. The summed E-state index contributed by atoms with van der Waals surface area (Å²) in [5.41, 5.74) is 0. The van der Waals surface area contributed by atoms with Crippen molar-refractivity contribution in [1.29, 1.82) is 0 Å². The molecule has 0 heterocycles. The summed E-state index contributed by atoms with van der Waals surface area (Å²) in [6, 6.07) is 0. The molecule has 3 radical (unpaired) electrons. The number of halogens is 2. The first-order chi connectivity index (χ1) is 0. The van der Waals surface area contributed by atoms with Crippen LogP contribution in [0.5, 0.6) is 0 Å². The average molecular weight is 296 g/mol. The quantitative estimate of drug-likeness (QED) is 0.391. The molecule has 0 unspecified atom stereocenters. The van der Waals surface area contributed by atoms with E-state index < -0.39 is 0 Å². The van der Waals surface area contributed by atoms with Gasteiger partial charge in [0.1, 0.15) is 0 Å². The van der Waals surface area contributed by atoms with Crippen molar-refractivity contribution in [2.45, 2.75) is 7.43 Å². The van der Waals surface area contributed by atoms with Crippen LogP contribution in [0, 0.1) is 0 Å². The Morgan fingerprint density at radius 2 is 0.750 bits per heavy atom. The van der Waals surface area contributed by atoms with E-state index >= 15 is 0 Å². The van der Waals surface area contributed by atoms with Gasteiger partial charge in [-0.25, -0.2) is 0 Å². The Balaban J connectivity index is 0. The summed E-state index contributed by atoms with van der Waals surface area (Å²) < 4.78 is 0. The van der Waals surface area contributed by atoms with Crippen molar-refractivity contribution in [3.8, 4) is 0 Å². The molecule has 0 rings (SSSR count). The molecule has 0 fully saturated rings. The van der Waals surface area contributed by atoms with E-state index in [2.05, 4.69) is 0 Å². The van der Waals surface area contributed by atoms with Crippen LogP contribution in [0.25, 0.3) is 0 Å². The van der Waals surface area contributed by atoms with Crippen molar-refractivity contribution in [3.05, 3.63) is 0 Å². The van der Waals surface area contributed by atoms with Gasteiger partial charge < -0.3 is 24.8 Å². The van der Waals surface area contributed by atoms with Gasteiger partial charge in [0.05, 0.1) is 0 Å². The van der Waals surface area contributed by atoms with E-state index in [0.29, 0.717) is 0 Å². The van der Waals surface area contributed by atoms with E-state index in [4.69, 9.17) is 0 Å². The molecular formula is CH4BiCl2. The predicted molar refractivity (Wildman–Crippen MR) is 12.5 cm³/mol. The summed E-state index contributed by atoms with van der Waals surface area (Å²) in [6.07, 6.45) is 0. The van der Waals surface area contributed by atoms with Crippen molar-refractivity contribution >= 4 is 26.2 Å². The molecule has 0 saturated carbocycles. The maximum Gasteiger partial charge on any atom is 2.00 e. The molecule has 27 valence electrons. The average Bonchev–Trinajstić information content (AvgIpc) is 0. The maximum atomic E-state index is 0. The third kappa shape index (κ3) is 9.81. The largest absolute Gasteiger partial charge is 2.00 e. The fraction of sp³-hybridized carbons (Fsp3) is 1.00. The van der Waals surface area contributed by atoms with E-state index in [9.17, 15) is 0 Å². The molecule has 3 heteroatoms. The van der Waals surface area contributed by atoms with Crippen LogP contribution in [0.15, 0.2) is 0 Å². The zero-order valence-corrected chi connectivity index (χ0v) is 6.19. The zero-order valence-electron chi connectivity index (χ0n) is 1.20. The maximum absolute atomic E-state index is 0. The molecule has 0 bridgehead atoms. The molecule has 0 aromatic heterocycles. The molecule has 0 nitrogen and oxygen atoms in total. The number of rotatable bonds is 0. The minimum Gasteiger partial charge on any atom is -1.00 e. The molecule has 0 aliphatic carbocycles. The number of hydrogen-bond donors (Lipinski definition) is 0. The van der Waals surface area contributed by atoms with Crippen LogP contribution in [0.1, 0.15) is 7.43 Å². The summed E-state index contributed by atoms with van der Waals surface area (Å²) in [7, 11) is 0. The topological polar surface area (TPSA) is 0 Å². The summed E-state index contributed by atoms with van der Waals surface area (Å²) >= 11 is 0. The summed E-state index contributed by atoms with van der Waals surface area (Å²) in [5, 5.41) is 0. The van der Waals surface area contributed by atoms with Gasteiger partial charge in [0.2, 0.25) is 0 Å². The van der Waals surface area contributed by atoms with Gasteiger partial charge in [-0.2, -0.15) is 0 Å². The SMILES string of the molecule is C.[Bi+2].[Cl-].[Cl-]. The molecule has 0 N–H and O–H groups in total. The summed E-state index contributed by atoms with van der Waals surface area (Å²) in [4.78, 5) is 0. The van der Waals surface area contributed by atoms with Gasteiger partial charge in [-0.3, -0.25) is 0 Å². The van der Waals surface area contributed by atoms with Crippen LogP contribution >= 0.6 is 0 Å². The second-order valence-corrected chi connectivity index (χ2v) is 0. The first-order valence-electron chi connectivity index (χ1n) is 0. The Hall–Kier alpha value is 1.46. The summed E-state index contributed by atoms with van der Waals surface area (Å²) in [5.74, 6) is 0. The van der Waals surface area contributed by atoms with Crippen molar-refractivity contribution in [2.24, 2.45) is 0 Å². The Morgan fingerprint density at radius 3 is 0.750 bits per heavy atom. The van der Waals surface area contributed by atoms with Gasteiger partial charge >= 0.3 is 26.2 Å². The second kappa shape index (κ2) is 25.0. The van der Waals surface area contributed by atoms with E-state index in [0.717, 1.165) is 0 Å². The molecule has 0 atom stereocenters. The Labute approximate surface area is 58.3 Å². The van der Waals surface area contributed by atoms with Gasteiger partial charge in [-0.05, 0) is 0 Å². The molecular weight excluding hydrogens is 292 g/mol. The summed E-state index contributed by atoms with van der Waals surface area (Å²) in [6.45, 7) is 0. The van der Waals surface area contributed by atoms with E-state index in [1.165, 1.54) is 0 Å². The minimum atomic E-state index is 0. The standard InChI is InChI=1S/CH4.Bi.2ClH/h1H4;;2*1H/q;+2;;/p-2. The molecule has 0 amide bonds. The van der Waals surface area contributed by atoms with Crippen LogP contribution in [-0.2, 0) is 0 Å². The Bertz CT molecular complexity index is 6.00.